The minimum atomic E-state index is -4.39. The lowest BCUT2D eigenvalue weighted by Crippen LogP contribution is -2.34. The number of amides is 1. The Morgan fingerprint density at radius 3 is 2.46 bits per heavy atom. The molecule has 0 unspecified atom stereocenters. The zero-order valence-corrected chi connectivity index (χ0v) is 22.3. The van der Waals surface area contributed by atoms with E-state index in [1.54, 1.807) is 43.4 Å². The summed E-state index contributed by atoms with van der Waals surface area (Å²) in [5.41, 5.74) is 2.67. The van der Waals surface area contributed by atoms with Gasteiger partial charge < -0.3 is 30.6 Å². The molecule has 39 heavy (non-hydrogen) atoms. The first-order valence-corrected chi connectivity index (χ1v) is 13.0. The van der Waals surface area contributed by atoms with Crippen LogP contribution >= 0.6 is 0 Å². The molecule has 1 saturated carbocycles. The van der Waals surface area contributed by atoms with Gasteiger partial charge in [0, 0.05) is 35.8 Å². The van der Waals surface area contributed by atoms with Crippen LogP contribution in [0.15, 0.2) is 42.5 Å². The second-order valence-electron chi connectivity index (χ2n) is 9.60. The Morgan fingerprint density at radius 1 is 1.05 bits per heavy atom. The van der Waals surface area contributed by atoms with E-state index in [1.165, 1.54) is 11.7 Å². The van der Waals surface area contributed by atoms with Gasteiger partial charge in [-0.2, -0.15) is 13.2 Å². The first-order valence-electron chi connectivity index (χ1n) is 13.0. The molecule has 4 rings (SSSR count). The fraction of sp³-hybridized carbons (Fsp3) is 0.414. The highest BCUT2D eigenvalue weighted by Gasteiger charge is 2.30. The number of rotatable bonds is 8. The summed E-state index contributed by atoms with van der Waals surface area (Å²) in [5, 5.41) is 13.3. The minimum absolute atomic E-state index is 0.170. The third-order valence-electron chi connectivity index (χ3n) is 7.05. The second kappa shape index (κ2) is 12.3. The van der Waals surface area contributed by atoms with Gasteiger partial charge >= 0.3 is 6.18 Å². The SMILES string of the molecule is CNC(=O)c1ccc(NCC#Cc2cc3c(NC4CCC(NC)CC4)cccc3n2CC(F)(F)F)c(OC)c1. The smallest absolute Gasteiger partial charge is 0.406 e. The van der Waals surface area contributed by atoms with Gasteiger partial charge in [-0.25, -0.2) is 0 Å². The van der Waals surface area contributed by atoms with E-state index in [9.17, 15) is 18.0 Å². The highest BCUT2D eigenvalue weighted by atomic mass is 19.4. The van der Waals surface area contributed by atoms with Crippen molar-refractivity contribution < 1.29 is 22.7 Å². The third-order valence-corrected chi connectivity index (χ3v) is 7.05. The van der Waals surface area contributed by atoms with E-state index in [1.807, 2.05) is 13.1 Å². The first-order chi connectivity index (χ1) is 18.7. The van der Waals surface area contributed by atoms with E-state index in [2.05, 4.69) is 33.1 Å². The molecule has 4 N–H and O–H groups in total. The molecule has 3 aromatic rings. The summed E-state index contributed by atoms with van der Waals surface area (Å²) < 4.78 is 47.2. The van der Waals surface area contributed by atoms with E-state index in [-0.39, 0.29) is 18.5 Å². The van der Waals surface area contributed by atoms with Crippen LogP contribution in [0.1, 0.15) is 41.7 Å². The molecule has 1 heterocycles. The van der Waals surface area contributed by atoms with E-state index in [4.69, 9.17) is 4.74 Å². The molecule has 0 spiro atoms. The van der Waals surface area contributed by atoms with Gasteiger partial charge in [-0.3, -0.25) is 4.79 Å². The van der Waals surface area contributed by atoms with Crippen LogP contribution in [0.2, 0.25) is 0 Å². The standard InChI is InChI=1S/C29H34F3N5O2/c1-33-20-10-12-21(13-11-20)36-24-7-4-8-26-23(24)17-22(37(26)18-29(30,31)32)6-5-15-35-25-14-9-19(28(38)34-2)16-27(25)39-3/h4,7-9,14,16-17,20-21,33,35-36H,10-13,15,18H2,1-3H3,(H,34,38). The van der Waals surface area contributed by atoms with E-state index >= 15 is 0 Å². The summed E-state index contributed by atoms with van der Waals surface area (Å²) in [5.74, 6) is 6.09. The van der Waals surface area contributed by atoms with Crippen LogP contribution in [-0.2, 0) is 6.54 Å². The second-order valence-corrected chi connectivity index (χ2v) is 9.60. The van der Waals surface area contributed by atoms with Gasteiger partial charge in [0.25, 0.3) is 5.91 Å². The average Bonchev–Trinajstić information content (AvgIpc) is 3.27. The van der Waals surface area contributed by atoms with Crippen molar-refractivity contribution in [2.24, 2.45) is 0 Å². The van der Waals surface area contributed by atoms with Gasteiger partial charge in [0.1, 0.15) is 12.3 Å². The third kappa shape index (κ3) is 6.98. The highest BCUT2D eigenvalue weighted by molar-refractivity contribution is 5.95. The van der Waals surface area contributed by atoms with Gasteiger partial charge in [-0.1, -0.05) is 12.0 Å². The molecule has 1 aliphatic carbocycles. The van der Waals surface area contributed by atoms with E-state index < -0.39 is 12.7 Å². The number of halogens is 3. The average molecular weight is 542 g/mol. The number of anilines is 2. The number of aromatic nitrogens is 1. The highest BCUT2D eigenvalue weighted by Crippen LogP contribution is 2.32. The largest absolute Gasteiger partial charge is 0.495 e. The maximum atomic E-state index is 13.5. The summed E-state index contributed by atoms with van der Waals surface area (Å²) >= 11 is 0. The molecule has 7 nitrogen and oxygen atoms in total. The van der Waals surface area contributed by atoms with Crippen LogP contribution in [0.5, 0.6) is 5.75 Å². The van der Waals surface area contributed by atoms with Crippen LogP contribution < -0.4 is 26.0 Å². The van der Waals surface area contributed by atoms with Crippen LogP contribution in [0.3, 0.4) is 0 Å². The normalized spacial score (nSPS) is 17.3. The minimum Gasteiger partial charge on any atom is -0.495 e. The predicted octanol–water partition coefficient (Wildman–Crippen LogP) is 4.98. The number of nitrogens with one attached hydrogen (secondary N) is 4. The number of methoxy groups -OCH3 is 1. The van der Waals surface area contributed by atoms with Crippen molar-refractivity contribution in [3.05, 3.63) is 53.7 Å². The zero-order chi connectivity index (χ0) is 28.0. The first kappa shape index (κ1) is 28.2. The maximum Gasteiger partial charge on any atom is 0.406 e. The van der Waals surface area contributed by atoms with Crippen LogP contribution in [0.25, 0.3) is 10.9 Å². The Bertz CT molecular complexity index is 1360. The molecule has 0 bridgehead atoms. The number of alkyl halides is 3. The number of ether oxygens (including phenoxy) is 1. The Kier molecular flexibility index (Phi) is 8.92. The van der Waals surface area contributed by atoms with Crippen molar-refractivity contribution in [3.8, 4) is 17.6 Å². The van der Waals surface area contributed by atoms with Crippen molar-refractivity contribution in [2.75, 3.05) is 38.4 Å². The van der Waals surface area contributed by atoms with Crippen molar-refractivity contribution in [3.63, 3.8) is 0 Å². The zero-order valence-electron chi connectivity index (χ0n) is 22.3. The van der Waals surface area contributed by atoms with Gasteiger partial charge in [-0.15, -0.1) is 0 Å². The van der Waals surface area contributed by atoms with Gasteiger partial charge in [0.15, 0.2) is 0 Å². The molecule has 1 aliphatic rings. The van der Waals surface area contributed by atoms with Gasteiger partial charge in [-0.05, 0) is 75.0 Å². The van der Waals surface area contributed by atoms with Crippen molar-refractivity contribution >= 4 is 28.2 Å². The Labute approximate surface area is 226 Å². The van der Waals surface area contributed by atoms with Crippen LogP contribution in [0.4, 0.5) is 24.5 Å². The molecule has 0 radical (unpaired) electrons. The molecular weight excluding hydrogens is 507 g/mol. The number of carbonyl (C=O) groups is 1. The van der Waals surface area contributed by atoms with Gasteiger partial charge in [0.05, 0.1) is 30.6 Å². The van der Waals surface area contributed by atoms with E-state index in [0.29, 0.717) is 34.3 Å². The Morgan fingerprint density at radius 2 is 1.79 bits per heavy atom. The fourth-order valence-electron chi connectivity index (χ4n) is 5.01. The quantitative estimate of drug-likeness (QED) is 0.303. The number of carbonyl (C=O) groups excluding carboxylic acids is 1. The summed E-state index contributed by atoms with van der Waals surface area (Å²) in [6.45, 7) is -0.956. The lowest BCUT2D eigenvalue weighted by molar-refractivity contribution is -0.140. The number of benzene rings is 2. The summed E-state index contributed by atoms with van der Waals surface area (Å²) in [7, 11) is 5.01. The molecule has 2 aromatic carbocycles. The Balaban J connectivity index is 1.56. The molecule has 0 atom stereocenters. The summed E-state index contributed by atoms with van der Waals surface area (Å²) in [6.07, 6.45) is -0.284. The van der Waals surface area contributed by atoms with Crippen LogP contribution in [-0.4, -0.2) is 56.5 Å². The molecule has 0 aliphatic heterocycles. The van der Waals surface area contributed by atoms with Crippen LogP contribution in [0, 0.1) is 11.8 Å². The molecule has 1 aromatic heterocycles. The van der Waals surface area contributed by atoms with E-state index in [0.717, 1.165) is 36.8 Å². The summed E-state index contributed by atoms with van der Waals surface area (Å²) in [4.78, 5) is 11.9. The fourth-order valence-corrected chi connectivity index (χ4v) is 5.01. The molecule has 1 fully saturated rings. The molecule has 0 saturated heterocycles. The number of nitrogens with zero attached hydrogens (tertiary/aromatic N) is 1. The lowest BCUT2D eigenvalue weighted by atomic mass is 9.91. The van der Waals surface area contributed by atoms with Crippen molar-refractivity contribution in [2.45, 2.75) is 50.5 Å². The topological polar surface area (TPSA) is 79.4 Å². The molecule has 10 heteroatoms. The van der Waals surface area contributed by atoms with Crippen molar-refractivity contribution in [1.82, 2.24) is 15.2 Å². The lowest BCUT2D eigenvalue weighted by Gasteiger charge is -2.29. The molecular formula is C29H34F3N5O2. The monoisotopic (exact) mass is 541 g/mol. The molecule has 1 amide bonds. The predicted molar refractivity (Wildman–Crippen MR) is 148 cm³/mol. The summed E-state index contributed by atoms with van der Waals surface area (Å²) in [6, 6.07) is 12.9. The number of fused-ring (bicyclic) bond motifs is 1. The Hall–Kier alpha value is -3.84. The number of hydrogen-bond acceptors (Lipinski definition) is 5. The van der Waals surface area contributed by atoms with Gasteiger partial charge in [0.2, 0.25) is 0 Å². The van der Waals surface area contributed by atoms with Crippen molar-refractivity contribution in [1.29, 1.82) is 0 Å². The maximum absolute atomic E-state index is 13.5. The number of hydrogen-bond donors (Lipinski definition) is 4. The molecule has 208 valence electrons.